The Morgan fingerprint density at radius 2 is 1.84 bits per heavy atom. The monoisotopic (exact) mass is 390 g/mol. The van der Waals surface area contributed by atoms with Crippen LogP contribution in [0.1, 0.15) is 33.1 Å². The second-order valence-electron chi connectivity index (χ2n) is 5.46. The van der Waals surface area contributed by atoms with Gasteiger partial charge in [0.1, 0.15) is 6.04 Å². The zero-order chi connectivity index (χ0) is 18.9. The number of halogens is 1. The molecule has 0 aliphatic heterocycles. The largest absolute Gasteiger partial charge is 0.454 e. The fourth-order valence-electron chi connectivity index (χ4n) is 1.88. The zero-order valence-electron chi connectivity index (χ0n) is 14.2. The van der Waals surface area contributed by atoms with Gasteiger partial charge in [-0.15, -0.1) is 0 Å². The normalized spacial score (nSPS) is 12.4. The van der Waals surface area contributed by atoms with Crippen molar-refractivity contribution in [2.45, 2.75) is 44.0 Å². The van der Waals surface area contributed by atoms with Crippen LogP contribution < -0.4 is 10.0 Å². The van der Waals surface area contributed by atoms with Crippen molar-refractivity contribution in [3.8, 4) is 0 Å². The number of rotatable bonds is 10. The van der Waals surface area contributed by atoms with Crippen LogP contribution in [0.3, 0.4) is 0 Å². The van der Waals surface area contributed by atoms with E-state index in [0.29, 0.717) is 11.6 Å². The van der Waals surface area contributed by atoms with E-state index in [2.05, 4.69) is 17.0 Å². The van der Waals surface area contributed by atoms with Crippen molar-refractivity contribution >= 4 is 33.5 Å². The Morgan fingerprint density at radius 3 is 2.44 bits per heavy atom. The van der Waals surface area contributed by atoms with Crippen LogP contribution in [-0.2, 0) is 24.3 Å². The summed E-state index contributed by atoms with van der Waals surface area (Å²) in [7, 11) is -3.89. The second-order valence-corrected chi connectivity index (χ2v) is 7.61. The van der Waals surface area contributed by atoms with Crippen molar-refractivity contribution in [3.63, 3.8) is 0 Å². The van der Waals surface area contributed by atoms with Crippen molar-refractivity contribution in [1.82, 2.24) is 10.0 Å². The van der Waals surface area contributed by atoms with Gasteiger partial charge in [-0.05, 0) is 37.6 Å². The predicted octanol–water partition coefficient (Wildman–Crippen LogP) is 1.86. The Kier molecular flexibility index (Phi) is 8.88. The standard InChI is InChI=1S/C16H23ClN2O5S/c1-3-4-5-10-18-15(20)11-24-16(21)12(2)19-25(22,23)14-8-6-13(17)7-9-14/h6-9,12,19H,3-5,10-11H2,1-2H3,(H,18,20)/t12-/m0/s1. The van der Waals surface area contributed by atoms with Gasteiger partial charge in [0.2, 0.25) is 10.0 Å². The molecule has 1 amide bonds. The predicted molar refractivity (Wildman–Crippen MR) is 94.7 cm³/mol. The van der Waals surface area contributed by atoms with Crippen LogP contribution in [-0.4, -0.2) is 39.5 Å². The maximum Gasteiger partial charge on any atom is 0.324 e. The molecule has 0 fully saturated rings. The first-order valence-corrected chi connectivity index (χ1v) is 9.83. The van der Waals surface area contributed by atoms with Crippen LogP contribution in [0, 0.1) is 0 Å². The lowest BCUT2D eigenvalue weighted by Gasteiger charge is -2.14. The van der Waals surface area contributed by atoms with Crippen molar-refractivity contribution in [2.24, 2.45) is 0 Å². The molecule has 9 heteroatoms. The van der Waals surface area contributed by atoms with E-state index in [1.54, 1.807) is 0 Å². The summed E-state index contributed by atoms with van der Waals surface area (Å²) in [6, 6.07) is 4.39. The van der Waals surface area contributed by atoms with Gasteiger partial charge in [0.05, 0.1) is 4.90 Å². The fraction of sp³-hybridized carbons (Fsp3) is 0.500. The van der Waals surface area contributed by atoms with Gasteiger partial charge >= 0.3 is 5.97 Å². The molecule has 1 rings (SSSR count). The van der Waals surface area contributed by atoms with Crippen molar-refractivity contribution in [1.29, 1.82) is 0 Å². The fourth-order valence-corrected chi connectivity index (χ4v) is 3.20. The molecule has 1 aromatic rings. The molecular weight excluding hydrogens is 368 g/mol. The van der Waals surface area contributed by atoms with E-state index in [1.165, 1.54) is 31.2 Å². The van der Waals surface area contributed by atoms with Gasteiger partial charge in [-0.3, -0.25) is 9.59 Å². The topological polar surface area (TPSA) is 102 Å². The highest BCUT2D eigenvalue weighted by molar-refractivity contribution is 7.89. The van der Waals surface area contributed by atoms with E-state index >= 15 is 0 Å². The Balaban J connectivity index is 2.45. The van der Waals surface area contributed by atoms with E-state index in [-0.39, 0.29) is 4.90 Å². The van der Waals surface area contributed by atoms with Gasteiger partial charge in [0, 0.05) is 11.6 Å². The minimum absolute atomic E-state index is 0.0229. The van der Waals surface area contributed by atoms with Crippen molar-refractivity contribution in [3.05, 3.63) is 29.3 Å². The van der Waals surface area contributed by atoms with Gasteiger partial charge in [-0.2, -0.15) is 4.72 Å². The molecule has 0 bridgehead atoms. The summed E-state index contributed by atoms with van der Waals surface area (Å²) >= 11 is 5.72. The Hall–Kier alpha value is -1.64. The van der Waals surface area contributed by atoms with Gasteiger partial charge in [-0.25, -0.2) is 8.42 Å². The minimum atomic E-state index is -3.89. The third kappa shape index (κ3) is 7.85. The molecular formula is C16H23ClN2O5S. The number of esters is 1. The molecule has 25 heavy (non-hydrogen) atoms. The first kappa shape index (κ1) is 21.4. The van der Waals surface area contributed by atoms with Crippen molar-refractivity contribution in [2.75, 3.05) is 13.2 Å². The summed E-state index contributed by atoms with van der Waals surface area (Å²) in [5.74, 6) is -1.25. The highest BCUT2D eigenvalue weighted by Crippen LogP contribution is 2.14. The van der Waals surface area contributed by atoms with Gasteiger partial charge in [-0.1, -0.05) is 31.4 Å². The Morgan fingerprint density at radius 1 is 1.20 bits per heavy atom. The van der Waals surface area contributed by atoms with E-state index < -0.39 is 34.5 Å². The summed E-state index contributed by atoms with van der Waals surface area (Å²) in [5, 5.41) is 3.02. The third-order valence-electron chi connectivity index (χ3n) is 3.26. The first-order chi connectivity index (χ1) is 11.8. The maximum atomic E-state index is 12.2. The molecule has 0 aliphatic carbocycles. The molecule has 1 aromatic carbocycles. The molecule has 0 aliphatic rings. The van der Waals surface area contributed by atoms with E-state index in [4.69, 9.17) is 16.3 Å². The molecule has 0 saturated carbocycles. The van der Waals surface area contributed by atoms with Gasteiger partial charge in [0.25, 0.3) is 5.91 Å². The molecule has 0 spiro atoms. The van der Waals surface area contributed by atoms with Gasteiger partial charge < -0.3 is 10.1 Å². The average Bonchev–Trinajstić information content (AvgIpc) is 2.56. The average molecular weight is 391 g/mol. The number of carbonyl (C=O) groups excluding carboxylic acids is 2. The second kappa shape index (κ2) is 10.4. The number of sulfonamides is 1. The summed E-state index contributed by atoms with van der Waals surface area (Å²) in [6.07, 6.45) is 2.90. The molecule has 2 N–H and O–H groups in total. The lowest BCUT2D eigenvalue weighted by molar-refractivity contribution is -0.149. The number of benzene rings is 1. The molecule has 0 unspecified atom stereocenters. The highest BCUT2D eigenvalue weighted by atomic mass is 35.5. The lowest BCUT2D eigenvalue weighted by atomic mass is 10.2. The van der Waals surface area contributed by atoms with E-state index in [1.807, 2.05) is 0 Å². The van der Waals surface area contributed by atoms with Crippen LogP contribution in [0.4, 0.5) is 0 Å². The number of amides is 1. The number of hydrogen-bond donors (Lipinski definition) is 2. The summed E-state index contributed by atoms with van der Waals surface area (Å²) in [5.41, 5.74) is 0. The molecule has 0 saturated heterocycles. The van der Waals surface area contributed by atoms with Crippen LogP contribution in [0.5, 0.6) is 0 Å². The van der Waals surface area contributed by atoms with E-state index in [9.17, 15) is 18.0 Å². The smallest absolute Gasteiger partial charge is 0.324 e. The molecule has 0 radical (unpaired) electrons. The molecule has 0 heterocycles. The summed E-state index contributed by atoms with van der Waals surface area (Å²) < 4.78 is 31.3. The minimum Gasteiger partial charge on any atom is -0.454 e. The van der Waals surface area contributed by atoms with Crippen LogP contribution >= 0.6 is 11.6 Å². The summed E-state index contributed by atoms with van der Waals surface area (Å²) in [4.78, 5) is 23.3. The van der Waals surface area contributed by atoms with Crippen LogP contribution in [0.2, 0.25) is 5.02 Å². The number of hydrogen-bond acceptors (Lipinski definition) is 5. The lowest BCUT2D eigenvalue weighted by Crippen LogP contribution is -2.41. The number of carbonyl (C=O) groups is 2. The highest BCUT2D eigenvalue weighted by Gasteiger charge is 2.23. The molecule has 7 nitrogen and oxygen atoms in total. The molecule has 1 atom stereocenters. The maximum absolute atomic E-state index is 12.2. The summed E-state index contributed by atoms with van der Waals surface area (Å²) in [6.45, 7) is 3.46. The zero-order valence-corrected chi connectivity index (χ0v) is 15.8. The number of unbranched alkanes of at least 4 members (excludes halogenated alkanes) is 2. The van der Waals surface area contributed by atoms with E-state index in [0.717, 1.165) is 19.3 Å². The van der Waals surface area contributed by atoms with Crippen molar-refractivity contribution < 1.29 is 22.7 Å². The molecule has 0 aromatic heterocycles. The SMILES string of the molecule is CCCCCNC(=O)COC(=O)[C@H](C)NS(=O)(=O)c1ccc(Cl)cc1. The molecule has 140 valence electrons. The quantitative estimate of drug-likeness (QED) is 0.469. The van der Waals surface area contributed by atoms with Crippen LogP contribution in [0.15, 0.2) is 29.2 Å². The van der Waals surface area contributed by atoms with Gasteiger partial charge in [0.15, 0.2) is 6.61 Å². The first-order valence-electron chi connectivity index (χ1n) is 7.97. The Labute approximate surface area is 153 Å². The Bertz CT molecular complexity index is 676. The van der Waals surface area contributed by atoms with Crippen LogP contribution in [0.25, 0.3) is 0 Å². The number of nitrogens with one attached hydrogen (secondary N) is 2. The third-order valence-corrected chi connectivity index (χ3v) is 5.07. The number of ether oxygens (including phenoxy) is 1.